The van der Waals surface area contributed by atoms with Crippen molar-refractivity contribution >= 4 is 18.2 Å². The number of halogens is 1. The third kappa shape index (κ3) is 3.61. The molecule has 0 atom stereocenters. The van der Waals surface area contributed by atoms with E-state index in [0.717, 1.165) is 18.8 Å². The number of rotatable bonds is 0. The van der Waals surface area contributed by atoms with Gasteiger partial charge in [-0.3, -0.25) is 4.99 Å². The highest BCUT2D eigenvalue weighted by atomic mass is 35.5. The first-order valence-electron chi connectivity index (χ1n) is 3.89. The molecule has 1 heterocycles. The van der Waals surface area contributed by atoms with Gasteiger partial charge in [-0.2, -0.15) is 0 Å². The number of hydrogen-bond donors (Lipinski definition) is 1. The smallest absolute Gasteiger partial charge is 0.0942 e. The van der Waals surface area contributed by atoms with E-state index in [4.69, 9.17) is 5.73 Å². The van der Waals surface area contributed by atoms with Gasteiger partial charge in [0.05, 0.1) is 5.84 Å². The Kier molecular flexibility index (Phi) is 3.87. The summed E-state index contributed by atoms with van der Waals surface area (Å²) < 4.78 is 0. The lowest BCUT2D eigenvalue weighted by molar-refractivity contribution is 0.349. The first-order chi connectivity index (χ1) is 4.60. The van der Waals surface area contributed by atoms with Crippen LogP contribution in [-0.4, -0.2) is 12.4 Å². The highest BCUT2D eigenvalue weighted by Gasteiger charge is 2.20. The first kappa shape index (κ1) is 10.8. The third-order valence-corrected chi connectivity index (χ3v) is 1.99. The van der Waals surface area contributed by atoms with Crippen molar-refractivity contribution in [2.75, 3.05) is 6.54 Å². The molecule has 0 saturated heterocycles. The molecule has 2 nitrogen and oxygen atoms in total. The summed E-state index contributed by atoms with van der Waals surface area (Å²) in [5, 5.41) is 0. The summed E-state index contributed by atoms with van der Waals surface area (Å²) in [5.74, 6) is 0.836. The maximum Gasteiger partial charge on any atom is 0.0942 e. The predicted octanol–water partition coefficient (Wildman–Crippen LogP) is 1.98. The molecule has 0 spiro atoms. The minimum Gasteiger partial charge on any atom is -0.387 e. The van der Waals surface area contributed by atoms with Gasteiger partial charge in [-0.1, -0.05) is 13.8 Å². The molecule has 66 valence electrons. The van der Waals surface area contributed by atoms with E-state index in [9.17, 15) is 0 Å². The zero-order valence-corrected chi connectivity index (χ0v) is 8.08. The maximum atomic E-state index is 5.66. The SMILES string of the molecule is CC1(C)CCCN=C(N)C1.Cl. The van der Waals surface area contributed by atoms with Crippen LogP contribution in [0.4, 0.5) is 0 Å². The fourth-order valence-electron chi connectivity index (χ4n) is 1.41. The van der Waals surface area contributed by atoms with Crippen molar-refractivity contribution in [3.05, 3.63) is 0 Å². The summed E-state index contributed by atoms with van der Waals surface area (Å²) in [4.78, 5) is 4.21. The van der Waals surface area contributed by atoms with Gasteiger partial charge in [-0.25, -0.2) is 0 Å². The molecule has 0 aromatic carbocycles. The van der Waals surface area contributed by atoms with Crippen molar-refractivity contribution in [1.29, 1.82) is 0 Å². The summed E-state index contributed by atoms with van der Waals surface area (Å²) in [6, 6.07) is 0. The quantitative estimate of drug-likeness (QED) is 0.602. The second-order valence-electron chi connectivity index (χ2n) is 3.82. The molecule has 1 aliphatic rings. The normalized spacial score (nSPS) is 22.9. The van der Waals surface area contributed by atoms with Gasteiger partial charge in [-0.15, -0.1) is 12.4 Å². The van der Waals surface area contributed by atoms with E-state index in [0.29, 0.717) is 5.41 Å². The molecular weight excluding hydrogens is 160 g/mol. The second-order valence-corrected chi connectivity index (χ2v) is 3.82. The van der Waals surface area contributed by atoms with Gasteiger partial charge in [0.15, 0.2) is 0 Å². The second kappa shape index (κ2) is 3.96. The lowest BCUT2D eigenvalue weighted by Crippen LogP contribution is -2.20. The highest BCUT2D eigenvalue weighted by molar-refractivity contribution is 5.85. The monoisotopic (exact) mass is 176 g/mol. The minimum absolute atomic E-state index is 0. The minimum atomic E-state index is 0. The number of nitrogens with zero attached hydrogens (tertiary/aromatic N) is 1. The Morgan fingerprint density at radius 2 is 2.09 bits per heavy atom. The molecule has 0 saturated carbocycles. The molecule has 0 radical (unpaired) electrons. The van der Waals surface area contributed by atoms with Crippen molar-refractivity contribution in [2.24, 2.45) is 16.1 Å². The average molecular weight is 177 g/mol. The summed E-state index contributed by atoms with van der Waals surface area (Å²) in [6.07, 6.45) is 3.40. The number of amidine groups is 1. The fourth-order valence-corrected chi connectivity index (χ4v) is 1.41. The number of aliphatic imine (C=N–C) groups is 1. The van der Waals surface area contributed by atoms with Gasteiger partial charge in [0, 0.05) is 13.0 Å². The summed E-state index contributed by atoms with van der Waals surface area (Å²) in [6.45, 7) is 5.43. The summed E-state index contributed by atoms with van der Waals surface area (Å²) in [7, 11) is 0. The highest BCUT2D eigenvalue weighted by Crippen LogP contribution is 2.28. The molecule has 1 aliphatic heterocycles. The standard InChI is InChI=1S/C8H16N2.ClH/c1-8(2)4-3-5-10-7(9)6-8;/h3-6H2,1-2H3,(H2,9,10);1H. The Morgan fingerprint density at radius 3 is 2.73 bits per heavy atom. The molecule has 0 amide bonds. The largest absolute Gasteiger partial charge is 0.387 e. The van der Waals surface area contributed by atoms with Crippen LogP contribution in [0, 0.1) is 5.41 Å². The van der Waals surface area contributed by atoms with Crippen LogP contribution in [0.5, 0.6) is 0 Å². The zero-order chi connectivity index (χ0) is 7.61. The van der Waals surface area contributed by atoms with Gasteiger partial charge in [-0.05, 0) is 18.3 Å². The number of hydrogen-bond acceptors (Lipinski definition) is 2. The Balaban J connectivity index is 0.000001000. The summed E-state index contributed by atoms with van der Waals surface area (Å²) in [5.41, 5.74) is 6.04. The van der Waals surface area contributed by atoms with Crippen molar-refractivity contribution in [3.8, 4) is 0 Å². The zero-order valence-electron chi connectivity index (χ0n) is 7.26. The topological polar surface area (TPSA) is 38.4 Å². The van der Waals surface area contributed by atoms with Crippen molar-refractivity contribution < 1.29 is 0 Å². The van der Waals surface area contributed by atoms with Crippen LogP contribution in [0.15, 0.2) is 4.99 Å². The lowest BCUT2D eigenvalue weighted by atomic mass is 9.85. The van der Waals surface area contributed by atoms with E-state index in [1.54, 1.807) is 0 Å². The van der Waals surface area contributed by atoms with E-state index in [1.165, 1.54) is 12.8 Å². The molecule has 0 aliphatic carbocycles. The Bertz CT molecular complexity index is 152. The van der Waals surface area contributed by atoms with E-state index < -0.39 is 0 Å². The van der Waals surface area contributed by atoms with E-state index in [1.807, 2.05) is 0 Å². The lowest BCUT2D eigenvalue weighted by Gasteiger charge is -2.21. The average Bonchev–Trinajstić information content (AvgIpc) is 1.90. The first-order valence-corrected chi connectivity index (χ1v) is 3.89. The number of nitrogens with two attached hydrogens (primary N) is 1. The summed E-state index contributed by atoms with van der Waals surface area (Å²) >= 11 is 0. The molecule has 0 fully saturated rings. The van der Waals surface area contributed by atoms with E-state index in [2.05, 4.69) is 18.8 Å². The van der Waals surface area contributed by atoms with Gasteiger partial charge in [0.1, 0.15) is 0 Å². The molecule has 0 aromatic heterocycles. The molecule has 0 aromatic rings. The predicted molar refractivity (Wildman–Crippen MR) is 51.4 cm³/mol. The van der Waals surface area contributed by atoms with Crippen LogP contribution in [0.1, 0.15) is 33.1 Å². The van der Waals surface area contributed by atoms with Gasteiger partial charge >= 0.3 is 0 Å². The van der Waals surface area contributed by atoms with Crippen molar-refractivity contribution in [1.82, 2.24) is 0 Å². The molecule has 1 rings (SSSR count). The van der Waals surface area contributed by atoms with Crippen LogP contribution in [0.3, 0.4) is 0 Å². The molecule has 0 bridgehead atoms. The van der Waals surface area contributed by atoms with Gasteiger partial charge in [0.25, 0.3) is 0 Å². The van der Waals surface area contributed by atoms with Crippen LogP contribution < -0.4 is 5.73 Å². The molecule has 2 N–H and O–H groups in total. The van der Waals surface area contributed by atoms with Crippen LogP contribution in [0.2, 0.25) is 0 Å². The van der Waals surface area contributed by atoms with Gasteiger partial charge < -0.3 is 5.73 Å². The van der Waals surface area contributed by atoms with Gasteiger partial charge in [0.2, 0.25) is 0 Å². The van der Waals surface area contributed by atoms with Crippen LogP contribution >= 0.6 is 12.4 Å². The van der Waals surface area contributed by atoms with Crippen LogP contribution in [0.25, 0.3) is 0 Å². The van der Waals surface area contributed by atoms with Crippen molar-refractivity contribution in [3.63, 3.8) is 0 Å². The van der Waals surface area contributed by atoms with E-state index >= 15 is 0 Å². The Morgan fingerprint density at radius 1 is 1.45 bits per heavy atom. The van der Waals surface area contributed by atoms with Crippen molar-refractivity contribution in [2.45, 2.75) is 33.1 Å². The fraction of sp³-hybridized carbons (Fsp3) is 0.875. The van der Waals surface area contributed by atoms with Crippen LogP contribution in [-0.2, 0) is 0 Å². The third-order valence-electron chi connectivity index (χ3n) is 1.99. The molecular formula is C8H17ClN2. The molecule has 0 unspecified atom stereocenters. The maximum absolute atomic E-state index is 5.66. The Labute approximate surface area is 74.7 Å². The molecule has 11 heavy (non-hydrogen) atoms. The molecule has 3 heteroatoms. The van der Waals surface area contributed by atoms with E-state index in [-0.39, 0.29) is 12.4 Å². The Hall–Kier alpha value is -0.240.